The molecule has 0 fully saturated rings. The second-order valence-electron chi connectivity index (χ2n) is 9.65. The number of hydrogen-bond donors (Lipinski definition) is 2. The molecule has 1 amide bonds. The average Bonchev–Trinajstić information content (AvgIpc) is 3.36. The normalized spacial score (nSPS) is 14.3. The van der Waals surface area contributed by atoms with Gasteiger partial charge in [0.2, 0.25) is 11.1 Å². The van der Waals surface area contributed by atoms with Crippen molar-refractivity contribution in [1.29, 1.82) is 0 Å². The van der Waals surface area contributed by atoms with Crippen molar-refractivity contribution >= 4 is 40.9 Å². The number of ether oxygens (including phenoxy) is 2. The first kappa shape index (κ1) is 28.6. The highest BCUT2D eigenvalue weighted by Gasteiger charge is 2.35. The number of hydrogen-bond acceptors (Lipinski definition) is 7. The molecule has 0 spiro atoms. The third-order valence-corrected chi connectivity index (χ3v) is 8.14. The molecule has 1 aliphatic rings. The van der Waals surface area contributed by atoms with E-state index in [1.807, 2.05) is 88.4 Å². The SMILES string of the molecule is CCSc1nc2n(n1)C(c1ccc(OCc3ccccc3Cl)c(OC)c1)C(C(=O)Nc1cccc(C)c1C)=C(C)N2. The predicted molar refractivity (Wildman–Crippen MR) is 164 cm³/mol. The number of thioether (sulfide) groups is 1. The van der Waals surface area contributed by atoms with Crippen LogP contribution in [0.4, 0.5) is 11.6 Å². The van der Waals surface area contributed by atoms with Crippen LogP contribution in [-0.2, 0) is 11.4 Å². The molecule has 5 rings (SSSR count). The number of aromatic nitrogens is 3. The van der Waals surface area contributed by atoms with Crippen molar-refractivity contribution < 1.29 is 14.3 Å². The number of anilines is 2. The molecular weight excluding hydrogens is 558 g/mol. The van der Waals surface area contributed by atoms with Crippen LogP contribution in [0.1, 0.15) is 42.1 Å². The van der Waals surface area contributed by atoms with Gasteiger partial charge in [0.25, 0.3) is 5.91 Å². The number of methoxy groups -OCH3 is 1. The summed E-state index contributed by atoms with van der Waals surface area (Å²) >= 11 is 7.86. The molecule has 0 saturated heterocycles. The third kappa shape index (κ3) is 5.92. The van der Waals surface area contributed by atoms with Crippen LogP contribution < -0.4 is 20.1 Å². The number of nitrogens with zero attached hydrogens (tertiary/aromatic N) is 3. The Labute approximate surface area is 249 Å². The molecular formula is C31H32ClN5O3S. The Morgan fingerprint density at radius 1 is 1.10 bits per heavy atom. The summed E-state index contributed by atoms with van der Waals surface area (Å²) in [4.78, 5) is 18.6. The van der Waals surface area contributed by atoms with E-state index in [1.54, 1.807) is 23.6 Å². The Morgan fingerprint density at radius 3 is 2.66 bits per heavy atom. The molecule has 1 atom stereocenters. The maximum absolute atomic E-state index is 13.9. The van der Waals surface area contributed by atoms with Crippen molar-refractivity contribution in [2.45, 2.75) is 45.5 Å². The topological polar surface area (TPSA) is 90.3 Å². The minimum Gasteiger partial charge on any atom is -0.493 e. The second-order valence-corrected chi connectivity index (χ2v) is 11.3. The average molecular weight is 590 g/mol. The Kier molecular flexibility index (Phi) is 8.56. The smallest absolute Gasteiger partial charge is 0.255 e. The van der Waals surface area contributed by atoms with Crippen molar-refractivity contribution in [2.24, 2.45) is 0 Å². The molecule has 8 nitrogen and oxygen atoms in total. The number of amides is 1. The molecule has 1 aliphatic heterocycles. The number of rotatable bonds is 9. The van der Waals surface area contributed by atoms with Crippen LogP contribution in [0.5, 0.6) is 11.5 Å². The fraction of sp³-hybridized carbons (Fsp3) is 0.258. The Morgan fingerprint density at radius 2 is 1.90 bits per heavy atom. The number of carbonyl (C=O) groups is 1. The Balaban J connectivity index is 1.53. The number of halogens is 1. The highest BCUT2D eigenvalue weighted by atomic mass is 35.5. The Hall–Kier alpha value is -3.95. The summed E-state index contributed by atoms with van der Waals surface area (Å²) in [5, 5.41) is 12.5. The number of aryl methyl sites for hydroxylation is 1. The first-order chi connectivity index (χ1) is 19.8. The van der Waals surface area contributed by atoms with Crippen LogP contribution in [-0.4, -0.2) is 33.5 Å². The van der Waals surface area contributed by atoms with Crippen molar-refractivity contribution in [3.05, 3.63) is 99.2 Å². The van der Waals surface area contributed by atoms with E-state index in [9.17, 15) is 4.79 Å². The molecule has 3 aromatic carbocycles. The summed E-state index contributed by atoms with van der Waals surface area (Å²) < 4.78 is 13.6. The van der Waals surface area contributed by atoms with Crippen LogP contribution in [0.2, 0.25) is 5.02 Å². The maximum atomic E-state index is 13.9. The van der Waals surface area contributed by atoms with Gasteiger partial charge < -0.3 is 20.1 Å². The first-order valence-electron chi connectivity index (χ1n) is 13.3. The number of allylic oxidation sites excluding steroid dienone is 1. The van der Waals surface area contributed by atoms with E-state index in [0.717, 1.165) is 33.7 Å². The largest absolute Gasteiger partial charge is 0.493 e. The van der Waals surface area contributed by atoms with E-state index < -0.39 is 6.04 Å². The van der Waals surface area contributed by atoms with Crippen molar-refractivity contribution in [1.82, 2.24) is 14.8 Å². The van der Waals surface area contributed by atoms with Gasteiger partial charge in [0.1, 0.15) is 12.6 Å². The molecule has 41 heavy (non-hydrogen) atoms. The van der Waals surface area contributed by atoms with E-state index in [2.05, 4.69) is 15.6 Å². The fourth-order valence-electron chi connectivity index (χ4n) is 4.74. The summed E-state index contributed by atoms with van der Waals surface area (Å²) in [7, 11) is 1.59. The molecule has 0 aliphatic carbocycles. The van der Waals surface area contributed by atoms with Crippen LogP contribution in [0.25, 0.3) is 0 Å². The minimum atomic E-state index is -0.554. The summed E-state index contributed by atoms with van der Waals surface area (Å²) in [6.07, 6.45) is 0. The van der Waals surface area contributed by atoms with E-state index in [-0.39, 0.29) is 12.5 Å². The van der Waals surface area contributed by atoms with Gasteiger partial charge in [0, 0.05) is 22.0 Å². The van der Waals surface area contributed by atoms with E-state index >= 15 is 0 Å². The molecule has 1 aromatic heterocycles. The number of carbonyl (C=O) groups excluding carboxylic acids is 1. The molecule has 1 unspecified atom stereocenters. The number of benzene rings is 3. The lowest BCUT2D eigenvalue weighted by molar-refractivity contribution is -0.113. The molecule has 212 valence electrons. The summed E-state index contributed by atoms with van der Waals surface area (Å²) in [6, 6.07) is 18.5. The van der Waals surface area contributed by atoms with Gasteiger partial charge in [0.05, 0.1) is 12.7 Å². The second kappa shape index (κ2) is 12.3. The standard InChI is InChI=1S/C31H32ClN5O3S/c1-6-41-31-35-30-33-20(4)27(29(38)34-24-13-9-10-18(2)19(24)3)28(37(30)36-31)21-14-15-25(26(16-21)39-5)40-17-22-11-7-8-12-23(22)32/h7-16,28H,6,17H2,1-5H3,(H,34,38)(H,33,35,36). The number of nitrogens with one attached hydrogen (secondary N) is 2. The van der Waals surface area contributed by atoms with E-state index in [1.165, 1.54) is 0 Å². The summed E-state index contributed by atoms with van der Waals surface area (Å²) in [5.74, 6) is 2.27. The Bertz CT molecular complexity index is 1630. The third-order valence-electron chi connectivity index (χ3n) is 7.05. The lowest BCUT2D eigenvalue weighted by atomic mass is 9.94. The zero-order chi connectivity index (χ0) is 29.1. The van der Waals surface area contributed by atoms with Crippen LogP contribution in [0, 0.1) is 13.8 Å². The molecule has 0 radical (unpaired) electrons. The van der Waals surface area contributed by atoms with Gasteiger partial charge in [-0.2, -0.15) is 4.98 Å². The van der Waals surface area contributed by atoms with Crippen LogP contribution >= 0.6 is 23.4 Å². The summed E-state index contributed by atoms with van der Waals surface area (Å²) in [6.45, 7) is 8.24. The van der Waals surface area contributed by atoms with Crippen molar-refractivity contribution in [3.63, 3.8) is 0 Å². The van der Waals surface area contributed by atoms with Gasteiger partial charge in [-0.05, 0) is 67.5 Å². The van der Waals surface area contributed by atoms with Crippen LogP contribution in [0.3, 0.4) is 0 Å². The van der Waals surface area contributed by atoms with Gasteiger partial charge in [-0.25, -0.2) is 4.68 Å². The van der Waals surface area contributed by atoms with Gasteiger partial charge in [0.15, 0.2) is 11.5 Å². The fourth-order valence-corrected chi connectivity index (χ4v) is 5.49. The van der Waals surface area contributed by atoms with Gasteiger partial charge in [-0.15, -0.1) is 5.10 Å². The maximum Gasteiger partial charge on any atom is 0.255 e. The summed E-state index contributed by atoms with van der Waals surface area (Å²) in [5.41, 5.74) is 5.79. The van der Waals surface area contributed by atoms with Gasteiger partial charge >= 0.3 is 0 Å². The molecule has 0 bridgehead atoms. The van der Waals surface area contributed by atoms with E-state index in [4.69, 9.17) is 26.2 Å². The van der Waals surface area contributed by atoms with Crippen LogP contribution in [0.15, 0.2) is 77.1 Å². The quantitative estimate of drug-likeness (QED) is 0.200. The minimum absolute atomic E-state index is 0.224. The monoisotopic (exact) mass is 589 g/mol. The number of fused-ring (bicyclic) bond motifs is 1. The molecule has 2 N–H and O–H groups in total. The zero-order valence-electron chi connectivity index (χ0n) is 23.6. The van der Waals surface area contributed by atoms with E-state index in [0.29, 0.717) is 38.9 Å². The predicted octanol–water partition coefficient (Wildman–Crippen LogP) is 7.18. The molecule has 0 saturated carbocycles. The molecule has 2 heterocycles. The molecule has 4 aromatic rings. The highest BCUT2D eigenvalue weighted by molar-refractivity contribution is 7.99. The van der Waals surface area contributed by atoms with Gasteiger partial charge in [-0.3, -0.25) is 4.79 Å². The van der Waals surface area contributed by atoms with Crippen molar-refractivity contribution in [3.8, 4) is 11.5 Å². The lowest BCUT2D eigenvalue weighted by Crippen LogP contribution is -2.31. The zero-order valence-corrected chi connectivity index (χ0v) is 25.2. The lowest BCUT2D eigenvalue weighted by Gasteiger charge is -2.29. The first-order valence-corrected chi connectivity index (χ1v) is 14.7. The molecule has 10 heteroatoms. The van der Waals surface area contributed by atoms with Gasteiger partial charge in [-0.1, -0.05) is 66.7 Å². The highest BCUT2D eigenvalue weighted by Crippen LogP contribution is 2.40. The van der Waals surface area contributed by atoms with Crippen molar-refractivity contribution in [2.75, 3.05) is 23.5 Å².